The number of methoxy groups -OCH3 is 1. The van der Waals surface area contributed by atoms with Gasteiger partial charge in [0.15, 0.2) is 0 Å². The summed E-state index contributed by atoms with van der Waals surface area (Å²) in [4.78, 5) is 11.9. The lowest BCUT2D eigenvalue weighted by atomic mass is 10.2. The van der Waals surface area contributed by atoms with Crippen LogP contribution in [0.2, 0.25) is 0 Å². The van der Waals surface area contributed by atoms with Gasteiger partial charge in [-0.2, -0.15) is 0 Å². The van der Waals surface area contributed by atoms with Gasteiger partial charge in [-0.25, -0.2) is 0 Å². The summed E-state index contributed by atoms with van der Waals surface area (Å²) in [5.41, 5.74) is 2.15. The van der Waals surface area contributed by atoms with Crippen molar-refractivity contribution >= 4 is 17.7 Å². The number of ether oxygens (including phenoxy) is 2. The molecule has 2 aromatic carbocycles. The van der Waals surface area contributed by atoms with E-state index in [0.717, 1.165) is 28.4 Å². The maximum Gasteiger partial charge on any atom is 0.230 e. The van der Waals surface area contributed by atoms with Gasteiger partial charge < -0.3 is 14.8 Å². The average molecular weight is 345 g/mol. The van der Waals surface area contributed by atoms with Crippen LogP contribution in [0.4, 0.5) is 0 Å². The lowest BCUT2D eigenvalue weighted by Crippen LogP contribution is -2.25. The zero-order valence-electron chi connectivity index (χ0n) is 14.1. The molecule has 4 nitrogen and oxygen atoms in total. The number of nitrogens with one attached hydrogen (secondary N) is 1. The number of thioether (sulfide) groups is 1. The van der Waals surface area contributed by atoms with Gasteiger partial charge in [-0.3, -0.25) is 4.79 Å². The largest absolute Gasteiger partial charge is 0.497 e. The Hall–Kier alpha value is -2.14. The van der Waals surface area contributed by atoms with Gasteiger partial charge >= 0.3 is 0 Å². The summed E-state index contributed by atoms with van der Waals surface area (Å²) in [5, 5.41) is 2.91. The molecule has 0 aliphatic rings. The Labute approximate surface area is 147 Å². The van der Waals surface area contributed by atoms with E-state index in [1.165, 1.54) is 0 Å². The van der Waals surface area contributed by atoms with E-state index in [0.29, 0.717) is 18.9 Å². The second-order valence-electron chi connectivity index (χ2n) is 5.29. The van der Waals surface area contributed by atoms with Crippen LogP contribution >= 0.6 is 11.8 Å². The summed E-state index contributed by atoms with van der Waals surface area (Å²) >= 11 is 1.57. The van der Waals surface area contributed by atoms with Crippen molar-refractivity contribution in [3.8, 4) is 11.5 Å². The van der Waals surface area contributed by atoms with Crippen molar-refractivity contribution in [1.82, 2.24) is 5.32 Å². The first kappa shape index (κ1) is 18.2. The minimum atomic E-state index is 0.0266. The normalized spacial score (nSPS) is 10.2. The lowest BCUT2D eigenvalue weighted by Gasteiger charge is -2.09. The van der Waals surface area contributed by atoms with Crippen LogP contribution in [0.15, 0.2) is 48.5 Å². The average Bonchev–Trinajstić information content (AvgIpc) is 2.61. The fraction of sp³-hybridized carbons (Fsp3) is 0.316. The Morgan fingerprint density at radius 3 is 2.79 bits per heavy atom. The van der Waals surface area contributed by atoms with Crippen molar-refractivity contribution in [3.05, 3.63) is 59.7 Å². The Kier molecular flexibility index (Phi) is 7.49. The fourth-order valence-electron chi connectivity index (χ4n) is 2.13. The minimum absolute atomic E-state index is 0.0266. The Morgan fingerprint density at radius 1 is 1.17 bits per heavy atom. The molecule has 1 N–H and O–H groups in total. The summed E-state index contributed by atoms with van der Waals surface area (Å²) in [6, 6.07) is 15.6. The summed E-state index contributed by atoms with van der Waals surface area (Å²) < 4.78 is 10.9. The van der Waals surface area contributed by atoms with Crippen LogP contribution in [-0.4, -0.2) is 31.1 Å². The molecule has 2 rings (SSSR count). The summed E-state index contributed by atoms with van der Waals surface area (Å²) in [6.45, 7) is 3.13. The molecule has 0 bridgehead atoms. The Balaban J connectivity index is 1.60. The monoisotopic (exact) mass is 345 g/mol. The van der Waals surface area contributed by atoms with Crippen molar-refractivity contribution < 1.29 is 14.3 Å². The third kappa shape index (κ3) is 6.16. The SMILES string of the molecule is COc1cccc(CNC(=O)CSCCOc2ccccc2C)c1. The van der Waals surface area contributed by atoms with Gasteiger partial charge in [0.1, 0.15) is 11.5 Å². The lowest BCUT2D eigenvalue weighted by molar-refractivity contribution is -0.118. The first-order valence-corrected chi connectivity index (χ1v) is 9.00. The molecular formula is C19H23NO3S. The third-order valence-electron chi connectivity index (χ3n) is 3.44. The van der Waals surface area contributed by atoms with E-state index in [1.54, 1.807) is 18.9 Å². The van der Waals surface area contributed by atoms with Crippen molar-refractivity contribution in [2.75, 3.05) is 25.2 Å². The van der Waals surface area contributed by atoms with Crippen molar-refractivity contribution in [1.29, 1.82) is 0 Å². The molecule has 24 heavy (non-hydrogen) atoms. The molecule has 0 saturated heterocycles. The molecule has 0 atom stereocenters. The second kappa shape index (κ2) is 9.88. The van der Waals surface area contributed by atoms with E-state index < -0.39 is 0 Å². The smallest absolute Gasteiger partial charge is 0.230 e. The van der Waals surface area contributed by atoms with Gasteiger partial charge in [-0.15, -0.1) is 11.8 Å². The molecule has 0 saturated carbocycles. The first-order chi connectivity index (χ1) is 11.7. The van der Waals surface area contributed by atoms with E-state index in [9.17, 15) is 4.79 Å². The highest BCUT2D eigenvalue weighted by Crippen LogP contribution is 2.16. The highest BCUT2D eigenvalue weighted by Gasteiger charge is 2.03. The van der Waals surface area contributed by atoms with Crippen LogP contribution in [0.5, 0.6) is 11.5 Å². The van der Waals surface area contributed by atoms with Gasteiger partial charge in [0.2, 0.25) is 5.91 Å². The van der Waals surface area contributed by atoms with E-state index in [2.05, 4.69) is 5.32 Å². The topological polar surface area (TPSA) is 47.6 Å². The van der Waals surface area contributed by atoms with Crippen LogP contribution in [-0.2, 0) is 11.3 Å². The molecule has 0 spiro atoms. The van der Waals surface area contributed by atoms with Crippen molar-refractivity contribution in [2.24, 2.45) is 0 Å². The number of aryl methyl sites for hydroxylation is 1. The maximum absolute atomic E-state index is 11.9. The van der Waals surface area contributed by atoms with E-state index in [1.807, 2.05) is 55.5 Å². The molecule has 0 aromatic heterocycles. The number of hydrogen-bond acceptors (Lipinski definition) is 4. The molecule has 1 amide bonds. The number of para-hydroxylation sites is 1. The summed E-state index contributed by atoms with van der Waals surface area (Å²) in [7, 11) is 1.63. The van der Waals surface area contributed by atoms with Crippen LogP contribution < -0.4 is 14.8 Å². The quantitative estimate of drug-likeness (QED) is 0.707. The van der Waals surface area contributed by atoms with Crippen LogP contribution in [0.25, 0.3) is 0 Å². The number of amides is 1. The number of carbonyl (C=O) groups excluding carboxylic acids is 1. The summed E-state index contributed by atoms with van der Waals surface area (Å²) in [5.74, 6) is 2.94. The number of benzene rings is 2. The molecule has 128 valence electrons. The van der Waals surface area contributed by atoms with Crippen molar-refractivity contribution in [2.45, 2.75) is 13.5 Å². The molecule has 0 fully saturated rings. The first-order valence-electron chi connectivity index (χ1n) is 7.85. The van der Waals surface area contributed by atoms with Gasteiger partial charge in [0.25, 0.3) is 0 Å². The summed E-state index contributed by atoms with van der Waals surface area (Å²) in [6.07, 6.45) is 0. The second-order valence-corrected chi connectivity index (χ2v) is 6.40. The molecule has 0 heterocycles. The number of carbonyl (C=O) groups is 1. The van der Waals surface area contributed by atoms with Crippen LogP contribution in [0.3, 0.4) is 0 Å². The van der Waals surface area contributed by atoms with E-state index >= 15 is 0 Å². The van der Waals surface area contributed by atoms with E-state index in [-0.39, 0.29) is 5.91 Å². The highest BCUT2D eigenvalue weighted by atomic mass is 32.2. The molecule has 0 radical (unpaired) electrons. The van der Waals surface area contributed by atoms with Crippen LogP contribution in [0.1, 0.15) is 11.1 Å². The maximum atomic E-state index is 11.9. The standard InChI is InChI=1S/C19H23NO3S/c1-15-6-3-4-9-18(15)23-10-11-24-14-19(21)20-13-16-7-5-8-17(12-16)22-2/h3-9,12H,10-11,13-14H2,1-2H3,(H,20,21). The predicted octanol–water partition coefficient (Wildman–Crippen LogP) is 3.43. The van der Waals surface area contributed by atoms with Crippen LogP contribution in [0, 0.1) is 6.92 Å². The van der Waals surface area contributed by atoms with Gasteiger partial charge in [0.05, 0.1) is 19.5 Å². The molecule has 2 aromatic rings. The highest BCUT2D eigenvalue weighted by molar-refractivity contribution is 7.99. The molecular weight excluding hydrogens is 322 g/mol. The molecule has 0 aliphatic heterocycles. The third-order valence-corrected chi connectivity index (χ3v) is 4.36. The zero-order chi connectivity index (χ0) is 17.2. The van der Waals surface area contributed by atoms with Gasteiger partial charge in [0, 0.05) is 12.3 Å². The predicted molar refractivity (Wildman–Crippen MR) is 98.8 cm³/mol. The van der Waals surface area contributed by atoms with Gasteiger partial charge in [-0.05, 0) is 36.2 Å². The molecule has 5 heteroatoms. The minimum Gasteiger partial charge on any atom is -0.497 e. The van der Waals surface area contributed by atoms with Gasteiger partial charge in [-0.1, -0.05) is 30.3 Å². The Morgan fingerprint density at radius 2 is 2.00 bits per heavy atom. The number of hydrogen-bond donors (Lipinski definition) is 1. The molecule has 0 unspecified atom stereocenters. The van der Waals surface area contributed by atoms with Crippen molar-refractivity contribution in [3.63, 3.8) is 0 Å². The zero-order valence-corrected chi connectivity index (χ0v) is 14.9. The van der Waals surface area contributed by atoms with E-state index in [4.69, 9.17) is 9.47 Å². The number of rotatable bonds is 9. The Bertz CT molecular complexity index is 661. The fourth-order valence-corrected chi connectivity index (χ4v) is 2.76. The molecule has 0 aliphatic carbocycles.